The Bertz CT molecular complexity index is 527. The largest absolute Gasteiger partial charge is 0.343 e. The van der Waals surface area contributed by atoms with E-state index in [1.807, 2.05) is 26.0 Å². The van der Waals surface area contributed by atoms with Crippen molar-refractivity contribution in [2.24, 2.45) is 0 Å². The summed E-state index contributed by atoms with van der Waals surface area (Å²) in [6.07, 6.45) is 2.09. The fraction of sp³-hybridized carbons (Fsp3) is 0.529. The summed E-state index contributed by atoms with van der Waals surface area (Å²) in [5.74, 6) is 0.0336. The van der Waals surface area contributed by atoms with Crippen LogP contribution in [0.5, 0.6) is 0 Å². The van der Waals surface area contributed by atoms with Crippen LogP contribution in [0.2, 0.25) is 0 Å². The molecular weight excluding hydrogens is 264 g/mol. The molecule has 2 amide bonds. The van der Waals surface area contributed by atoms with Crippen LogP contribution in [0.25, 0.3) is 0 Å². The molecule has 4 nitrogen and oxygen atoms in total. The quantitative estimate of drug-likeness (QED) is 0.901. The van der Waals surface area contributed by atoms with Gasteiger partial charge >= 0.3 is 0 Å². The molecule has 4 heteroatoms. The molecule has 1 N–H and O–H groups in total. The number of carbonyl (C=O) groups is 2. The fourth-order valence-electron chi connectivity index (χ4n) is 2.90. The zero-order valence-electron chi connectivity index (χ0n) is 13.1. The average Bonchev–Trinajstić information content (AvgIpc) is 2.49. The standard InChI is InChI=1S/C17H24N2O2/c1-4-14-17(21)19(15(5-2)16(20)18-14)11-10-13-9-7-6-8-12(13)3/h6-9,14-15H,4-5,10-11H2,1-3H3,(H,18,20). The highest BCUT2D eigenvalue weighted by atomic mass is 16.2. The van der Waals surface area contributed by atoms with Crippen LogP contribution in [-0.4, -0.2) is 35.3 Å². The molecule has 114 valence electrons. The monoisotopic (exact) mass is 288 g/mol. The maximum absolute atomic E-state index is 12.5. The molecule has 1 aliphatic rings. The van der Waals surface area contributed by atoms with Gasteiger partial charge in [0.25, 0.3) is 0 Å². The third-order valence-corrected chi connectivity index (χ3v) is 4.25. The lowest BCUT2D eigenvalue weighted by atomic mass is 10.0. The Hall–Kier alpha value is -1.84. The lowest BCUT2D eigenvalue weighted by Crippen LogP contribution is -2.63. The summed E-state index contributed by atoms with van der Waals surface area (Å²) in [6.45, 7) is 6.55. The van der Waals surface area contributed by atoms with Gasteiger partial charge in [0.05, 0.1) is 0 Å². The fourth-order valence-corrected chi connectivity index (χ4v) is 2.90. The van der Waals surface area contributed by atoms with E-state index in [0.29, 0.717) is 19.4 Å². The van der Waals surface area contributed by atoms with Crippen LogP contribution in [0.15, 0.2) is 24.3 Å². The van der Waals surface area contributed by atoms with Crippen molar-refractivity contribution in [3.63, 3.8) is 0 Å². The van der Waals surface area contributed by atoms with Gasteiger partial charge in [-0.25, -0.2) is 0 Å². The Morgan fingerprint density at radius 2 is 1.86 bits per heavy atom. The molecule has 0 radical (unpaired) electrons. The average molecular weight is 288 g/mol. The first kappa shape index (κ1) is 15.5. The first-order valence-electron chi connectivity index (χ1n) is 7.73. The van der Waals surface area contributed by atoms with Gasteiger partial charge in [-0.05, 0) is 37.3 Å². The number of piperazine rings is 1. The Labute approximate surface area is 126 Å². The molecule has 1 aliphatic heterocycles. The van der Waals surface area contributed by atoms with Gasteiger partial charge < -0.3 is 10.2 Å². The molecule has 2 atom stereocenters. The van der Waals surface area contributed by atoms with E-state index in [1.54, 1.807) is 4.90 Å². The number of hydrogen-bond donors (Lipinski definition) is 1. The van der Waals surface area contributed by atoms with Crippen LogP contribution in [0.1, 0.15) is 37.8 Å². The van der Waals surface area contributed by atoms with Gasteiger partial charge in [-0.2, -0.15) is 0 Å². The lowest BCUT2D eigenvalue weighted by Gasteiger charge is -2.38. The SMILES string of the molecule is CCC1NC(=O)C(CC)N(CCc2ccccc2C)C1=O. The maximum Gasteiger partial charge on any atom is 0.245 e. The van der Waals surface area contributed by atoms with Crippen LogP contribution in [0.4, 0.5) is 0 Å². The highest BCUT2D eigenvalue weighted by Gasteiger charge is 2.38. The van der Waals surface area contributed by atoms with Gasteiger partial charge in [0.2, 0.25) is 11.8 Å². The molecule has 0 spiro atoms. The number of nitrogens with zero attached hydrogens (tertiary/aromatic N) is 1. The van der Waals surface area contributed by atoms with Crippen molar-refractivity contribution in [2.75, 3.05) is 6.54 Å². The van der Waals surface area contributed by atoms with Crippen LogP contribution in [-0.2, 0) is 16.0 Å². The van der Waals surface area contributed by atoms with Gasteiger partial charge in [-0.15, -0.1) is 0 Å². The van der Waals surface area contributed by atoms with E-state index in [1.165, 1.54) is 11.1 Å². The first-order valence-corrected chi connectivity index (χ1v) is 7.73. The van der Waals surface area contributed by atoms with Crippen molar-refractivity contribution in [1.29, 1.82) is 0 Å². The Kier molecular flexibility index (Phi) is 4.99. The Balaban J connectivity index is 2.12. The smallest absolute Gasteiger partial charge is 0.245 e. The third-order valence-electron chi connectivity index (χ3n) is 4.25. The second-order valence-electron chi connectivity index (χ2n) is 5.60. The predicted octanol–water partition coefficient (Wildman–Crippen LogP) is 2.05. The van der Waals surface area contributed by atoms with Crippen LogP contribution in [0, 0.1) is 6.92 Å². The molecule has 0 bridgehead atoms. The summed E-state index contributed by atoms with van der Waals surface area (Å²) >= 11 is 0. The molecular formula is C17H24N2O2. The van der Waals surface area contributed by atoms with E-state index in [-0.39, 0.29) is 23.9 Å². The minimum atomic E-state index is -0.364. The van der Waals surface area contributed by atoms with E-state index in [9.17, 15) is 9.59 Å². The van der Waals surface area contributed by atoms with Crippen molar-refractivity contribution in [2.45, 2.75) is 52.1 Å². The van der Waals surface area contributed by atoms with Crippen LogP contribution in [0.3, 0.4) is 0 Å². The van der Waals surface area contributed by atoms with Crippen molar-refractivity contribution in [1.82, 2.24) is 10.2 Å². The molecule has 2 unspecified atom stereocenters. The van der Waals surface area contributed by atoms with Gasteiger partial charge in [-0.3, -0.25) is 9.59 Å². The summed E-state index contributed by atoms with van der Waals surface area (Å²) in [6, 6.07) is 7.50. The second-order valence-corrected chi connectivity index (χ2v) is 5.60. The molecule has 1 aromatic rings. The molecule has 1 aromatic carbocycles. The second kappa shape index (κ2) is 6.74. The summed E-state index contributed by atoms with van der Waals surface area (Å²) < 4.78 is 0. The topological polar surface area (TPSA) is 49.4 Å². The van der Waals surface area contributed by atoms with E-state index < -0.39 is 0 Å². The number of amides is 2. The summed E-state index contributed by atoms with van der Waals surface area (Å²) in [4.78, 5) is 26.4. The highest BCUT2D eigenvalue weighted by molar-refractivity contribution is 5.96. The normalized spacial score (nSPS) is 22.3. The number of aryl methyl sites for hydroxylation is 1. The maximum atomic E-state index is 12.5. The molecule has 0 aromatic heterocycles. The van der Waals surface area contributed by atoms with Crippen molar-refractivity contribution in [3.05, 3.63) is 35.4 Å². The molecule has 1 heterocycles. The zero-order valence-corrected chi connectivity index (χ0v) is 13.1. The summed E-state index contributed by atoms with van der Waals surface area (Å²) in [5, 5.41) is 2.83. The minimum Gasteiger partial charge on any atom is -0.343 e. The van der Waals surface area contributed by atoms with Crippen molar-refractivity contribution >= 4 is 11.8 Å². The minimum absolute atomic E-state index is 0.0197. The molecule has 21 heavy (non-hydrogen) atoms. The van der Waals surface area contributed by atoms with Crippen molar-refractivity contribution < 1.29 is 9.59 Å². The molecule has 2 rings (SSSR count). The zero-order chi connectivity index (χ0) is 15.4. The van der Waals surface area contributed by atoms with E-state index in [0.717, 1.165) is 6.42 Å². The van der Waals surface area contributed by atoms with Crippen LogP contribution < -0.4 is 5.32 Å². The number of benzene rings is 1. The Morgan fingerprint density at radius 3 is 2.48 bits per heavy atom. The number of carbonyl (C=O) groups excluding carboxylic acids is 2. The van der Waals surface area contributed by atoms with E-state index in [2.05, 4.69) is 24.4 Å². The highest BCUT2D eigenvalue weighted by Crippen LogP contribution is 2.17. The molecule has 1 saturated heterocycles. The van der Waals surface area contributed by atoms with Gasteiger partial charge in [0, 0.05) is 6.54 Å². The lowest BCUT2D eigenvalue weighted by molar-refractivity contribution is -0.149. The van der Waals surface area contributed by atoms with Gasteiger partial charge in [0.1, 0.15) is 12.1 Å². The molecule has 1 fully saturated rings. The van der Waals surface area contributed by atoms with Crippen molar-refractivity contribution in [3.8, 4) is 0 Å². The summed E-state index contributed by atoms with van der Waals surface area (Å²) in [5.41, 5.74) is 2.46. The third kappa shape index (κ3) is 3.26. The first-order chi connectivity index (χ1) is 10.1. The van der Waals surface area contributed by atoms with E-state index >= 15 is 0 Å². The Morgan fingerprint density at radius 1 is 1.14 bits per heavy atom. The van der Waals surface area contributed by atoms with E-state index in [4.69, 9.17) is 0 Å². The van der Waals surface area contributed by atoms with Gasteiger partial charge in [0.15, 0.2) is 0 Å². The number of hydrogen-bond acceptors (Lipinski definition) is 2. The van der Waals surface area contributed by atoms with Gasteiger partial charge in [-0.1, -0.05) is 38.1 Å². The van der Waals surface area contributed by atoms with Crippen LogP contribution >= 0.6 is 0 Å². The molecule has 0 aliphatic carbocycles. The number of nitrogens with one attached hydrogen (secondary N) is 1. The predicted molar refractivity (Wildman–Crippen MR) is 82.9 cm³/mol. The molecule has 0 saturated carbocycles. The summed E-state index contributed by atoms with van der Waals surface area (Å²) in [7, 11) is 0. The number of rotatable bonds is 5.